The van der Waals surface area contributed by atoms with E-state index in [-0.39, 0.29) is 23.4 Å². The van der Waals surface area contributed by atoms with Crippen molar-refractivity contribution in [1.29, 1.82) is 0 Å². The number of anilines is 1. The predicted molar refractivity (Wildman–Crippen MR) is 96.4 cm³/mol. The van der Waals surface area contributed by atoms with E-state index in [9.17, 15) is 9.59 Å². The van der Waals surface area contributed by atoms with Gasteiger partial charge in [0, 0.05) is 0 Å². The van der Waals surface area contributed by atoms with Gasteiger partial charge in [-0.2, -0.15) is 0 Å². The van der Waals surface area contributed by atoms with Crippen LogP contribution in [0.5, 0.6) is 11.5 Å². The molecule has 0 radical (unpaired) electrons. The van der Waals surface area contributed by atoms with Gasteiger partial charge in [-0.25, -0.2) is 0 Å². The number of thioether (sulfide) groups is 1. The first-order valence-corrected chi connectivity index (χ1v) is 9.04. The highest BCUT2D eigenvalue weighted by Gasteiger charge is 2.15. The van der Waals surface area contributed by atoms with Gasteiger partial charge in [0.2, 0.25) is 11.0 Å². The van der Waals surface area contributed by atoms with Crippen LogP contribution in [-0.2, 0) is 14.3 Å². The van der Waals surface area contributed by atoms with Crippen LogP contribution in [0, 0.1) is 0 Å². The molecule has 0 saturated carbocycles. The fourth-order valence-corrected chi connectivity index (χ4v) is 3.23. The van der Waals surface area contributed by atoms with Crippen molar-refractivity contribution in [1.82, 2.24) is 10.2 Å². The van der Waals surface area contributed by atoms with Crippen molar-refractivity contribution in [3.8, 4) is 22.1 Å². The molecule has 0 fully saturated rings. The summed E-state index contributed by atoms with van der Waals surface area (Å²) in [5.41, 5.74) is 0.722. The Morgan fingerprint density at radius 2 is 1.96 bits per heavy atom. The number of methoxy groups -OCH3 is 3. The molecule has 0 spiro atoms. The summed E-state index contributed by atoms with van der Waals surface area (Å²) in [5, 5.41) is 11.7. The van der Waals surface area contributed by atoms with Gasteiger partial charge in [0.05, 0.1) is 38.4 Å². The average Bonchev–Trinajstić information content (AvgIpc) is 3.09. The molecule has 1 amide bonds. The number of aromatic nitrogens is 2. The molecule has 0 aliphatic carbocycles. The van der Waals surface area contributed by atoms with E-state index in [1.54, 1.807) is 32.4 Å². The molecule has 1 aromatic carbocycles. The molecular weight excluding hydrogens is 366 g/mol. The molecule has 1 heterocycles. The maximum atomic E-state index is 11.9. The van der Waals surface area contributed by atoms with Gasteiger partial charge < -0.3 is 14.2 Å². The van der Waals surface area contributed by atoms with E-state index in [1.807, 2.05) is 0 Å². The summed E-state index contributed by atoms with van der Waals surface area (Å²) in [4.78, 5) is 22.9. The van der Waals surface area contributed by atoms with Gasteiger partial charge in [-0.3, -0.25) is 14.9 Å². The van der Waals surface area contributed by atoms with Crippen LogP contribution in [-0.4, -0.2) is 54.9 Å². The summed E-state index contributed by atoms with van der Waals surface area (Å²) in [6.07, 6.45) is 0. The molecule has 1 aromatic heterocycles. The Morgan fingerprint density at radius 1 is 1.16 bits per heavy atom. The van der Waals surface area contributed by atoms with Crippen LogP contribution in [0.2, 0.25) is 0 Å². The summed E-state index contributed by atoms with van der Waals surface area (Å²) in [5.74, 6) is 0.883. The Balaban J connectivity index is 2.02. The number of ether oxygens (including phenoxy) is 3. The molecule has 0 bridgehead atoms. The monoisotopic (exact) mass is 383 g/mol. The van der Waals surface area contributed by atoms with Crippen molar-refractivity contribution in [3.05, 3.63) is 18.2 Å². The maximum Gasteiger partial charge on any atom is 0.315 e. The van der Waals surface area contributed by atoms with Crippen molar-refractivity contribution in [2.24, 2.45) is 0 Å². The lowest BCUT2D eigenvalue weighted by Crippen LogP contribution is -2.15. The maximum absolute atomic E-state index is 11.9. The molecule has 0 unspecified atom stereocenters. The number of nitrogens with zero attached hydrogens (tertiary/aromatic N) is 2. The molecule has 25 heavy (non-hydrogen) atoms. The Morgan fingerprint density at radius 3 is 2.64 bits per heavy atom. The number of benzene rings is 1. The van der Waals surface area contributed by atoms with E-state index in [1.165, 1.54) is 18.4 Å². The van der Waals surface area contributed by atoms with Crippen LogP contribution in [0.4, 0.5) is 5.13 Å². The third kappa shape index (κ3) is 5.33. The highest BCUT2D eigenvalue weighted by molar-refractivity contribution is 8.00. The summed E-state index contributed by atoms with van der Waals surface area (Å²) in [6.45, 7) is 0. The molecule has 0 atom stereocenters. The molecule has 8 nitrogen and oxygen atoms in total. The largest absolute Gasteiger partial charge is 0.497 e. The number of amides is 1. The zero-order valence-electron chi connectivity index (χ0n) is 13.9. The minimum Gasteiger partial charge on any atom is -0.497 e. The van der Waals surface area contributed by atoms with Gasteiger partial charge >= 0.3 is 5.97 Å². The second-order valence-corrected chi connectivity index (χ2v) is 6.56. The van der Waals surface area contributed by atoms with Gasteiger partial charge in [0.25, 0.3) is 0 Å². The first-order valence-electron chi connectivity index (χ1n) is 7.07. The van der Waals surface area contributed by atoms with Crippen LogP contribution in [0.15, 0.2) is 18.2 Å². The first kappa shape index (κ1) is 19.0. The number of rotatable bonds is 8. The standard InChI is InChI=1S/C15H17N3O5S2/c1-21-9-4-5-11(22-2)10(6-9)14-17-18-15(25-14)16-12(19)7-24-8-13(20)23-3/h4-6H,7-8H2,1-3H3,(H,16,18,19). The Kier molecular flexibility index (Phi) is 7.02. The molecule has 0 aliphatic heterocycles. The van der Waals surface area contributed by atoms with E-state index in [0.717, 1.165) is 17.3 Å². The number of hydrogen-bond acceptors (Lipinski definition) is 9. The fourth-order valence-electron chi connectivity index (χ4n) is 1.81. The van der Waals surface area contributed by atoms with E-state index in [0.29, 0.717) is 21.6 Å². The summed E-state index contributed by atoms with van der Waals surface area (Å²) in [7, 11) is 4.44. The van der Waals surface area contributed by atoms with Crippen LogP contribution < -0.4 is 14.8 Å². The van der Waals surface area contributed by atoms with E-state index in [2.05, 4.69) is 20.3 Å². The van der Waals surface area contributed by atoms with Crippen LogP contribution >= 0.6 is 23.1 Å². The summed E-state index contributed by atoms with van der Waals surface area (Å²) in [6, 6.07) is 5.35. The van der Waals surface area contributed by atoms with Gasteiger partial charge in [0.1, 0.15) is 11.5 Å². The third-order valence-electron chi connectivity index (χ3n) is 2.99. The van der Waals surface area contributed by atoms with Crippen LogP contribution in [0.3, 0.4) is 0 Å². The lowest BCUT2D eigenvalue weighted by molar-refractivity contribution is -0.137. The number of nitrogens with one attached hydrogen (secondary N) is 1. The zero-order valence-corrected chi connectivity index (χ0v) is 15.5. The number of hydrogen-bond donors (Lipinski definition) is 1. The number of carbonyl (C=O) groups excluding carboxylic acids is 2. The molecule has 10 heteroatoms. The van der Waals surface area contributed by atoms with Crippen molar-refractivity contribution in [2.45, 2.75) is 0 Å². The van der Waals surface area contributed by atoms with Gasteiger partial charge in [-0.15, -0.1) is 22.0 Å². The van der Waals surface area contributed by atoms with Crippen molar-refractivity contribution < 1.29 is 23.8 Å². The van der Waals surface area contributed by atoms with Crippen LogP contribution in [0.1, 0.15) is 0 Å². The minimum absolute atomic E-state index is 0.117. The third-order valence-corrected chi connectivity index (χ3v) is 4.77. The van der Waals surface area contributed by atoms with E-state index >= 15 is 0 Å². The lowest BCUT2D eigenvalue weighted by Gasteiger charge is -2.07. The molecule has 1 N–H and O–H groups in total. The second-order valence-electron chi connectivity index (χ2n) is 4.60. The average molecular weight is 383 g/mol. The van der Waals surface area contributed by atoms with Gasteiger partial charge in [0.15, 0.2) is 5.01 Å². The Labute approximate surface area is 152 Å². The highest BCUT2D eigenvalue weighted by Crippen LogP contribution is 2.36. The van der Waals surface area contributed by atoms with Crippen molar-refractivity contribution >= 4 is 40.1 Å². The summed E-state index contributed by atoms with van der Waals surface area (Å²) < 4.78 is 15.0. The topological polar surface area (TPSA) is 99.6 Å². The van der Waals surface area contributed by atoms with Gasteiger partial charge in [-0.1, -0.05) is 11.3 Å². The molecule has 0 aliphatic rings. The zero-order chi connectivity index (χ0) is 18.2. The normalized spacial score (nSPS) is 10.2. The van der Waals surface area contributed by atoms with E-state index < -0.39 is 0 Å². The molecule has 134 valence electrons. The number of carbonyl (C=O) groups is 2. The molecule has 0 saturated heterocycles. The Hall–Kier alpha value is -2.33. The fraction of sp³-hybridized carbons (Fsp3) is 0.333. The first-order chi connectivity index (χ1) is 12.1. The van der Waals surface area contributed by atoms with Crippen molar-refractivity contribution in [3.63, 3.8) is 0 Å². The summed E-state index contributed by atoms with van der Waals surface area (Å²) >= 11 is 2.38. The molecule has 2 rings (SSSR count). The highest BCUT2D eigenvalue weighted by atomic mass is 32.2. The van der Waals surface area contributed by atoms with Gasteiger partial charge in [-0.05, 0) is 18.2 Å². The quantitative estimate of drug-likeness (QED) is 0.692. The van der Waals surface area contributed by atoms with Crippen LogP contribution in [0.25, 0.3) is 10.6 Å². The number of esters is 1. The molecular formula is C15H17N3O5S2. The SMILES string of the molecule is COC(=O)CSCC(=O)Nc1nnc(-c2cc(OC)ccc2OC)s1. The van der Waals surface area contributed by atoms with Crippen molar-refractivity contribution in [2.75, 3.05) is 38.2 Å². The predicted octanol–water partition coefficient (Wildman–Crippen LogP) is 2.07. The minimum atomic E-state index is -0.374. The smallest absolute Gasteiger partial charge is 0.315 e. The molecule has 2 aromatic rings. The Bertz CT molecular complexity index is 751. The lowest BCUT2D eigenvalue weighted by atomic mass is 10.2. The second kappa shape index (κ2) is 9.23. The van der Waals surface area contributed by atoms with E-state index in [4.69, 9.17) is 9.47 Å².